The largest absolute Gasteiger partial charge is 0.366 e. The van der Waals surface area contributed by atoms with Crippen molar-refractivity contribution >= 4 is 16.9 Å². The van der Waals surface area contributed by atoms with E-state index in [0.717, 1.165) is 45.9 Å². The van der Waals surface area contributed by atoms with Gasteiger partial charge in [0.1, 0.15) is 5.69 Å². The van der Waals surface area contributed by atoms with Crippen LogP contribution in [-0.2, 0) is 12.8 Å². The Hall–Kier alpha value is -3.51. The lowest BCUT2D eigenvalue weighted by molar-refractivity contribution is 0.1000. The molecular weight excluding hydrogens is 434 g/mol. The van der Waals surface area contributed by atoms with Crippen molar-refractivity contribution in [1.82, 2.24) is 20.1 Å². The van der Waals surface area contributed by atoms with Gasteiger partial charge in [0.15, 0.2) is 5.65 Å². The first-order valence-electron chi connectivity index (χ1n) is 12.7. The van der Waals surface area contributed by atoms with Crippen molar-refractivity contribution in [2.45, 2.75) is 51.5 Å². The summed E-state index contributed by atoms with van der Waals surface area (Å²) in [6.07, 6.45) is 9.47. The molecule has 3 heterocycles. The van der Waals surface area contributed by atoms with Crippen LogP contribution in [0.2, 0.25) is 0 Å². The molecule has 1 amide bonds. The first-order chi connectivity index (χ1) is 17.1. The summed E-state index contributed by atoms with van der Waals surface area (Å²) in [4.78, 5) is 18.9. The van der Waals surface area contributed by atoms with Gasteiger partial charge in [0.2, 0.25) is 5.91 Å². The van der Waals surface area contributed by atoms with Crippen LogP contribution in [0.5, 0.6) is 0 Å². The number of primary amides is 1. The van der Waals surface area contributed by atoms with E-state index in [2.05, 4.69) is 44.3 Å². The molecule has 0 saturated carbocycles. The van der Waals surface area contributed by atoms with Crippen molar-refractivity contribution in [3.8, 4) is 22.4 Å². The Kier molecular flexibility index (Phi) is 5.61. The highest BCUT2D eigenvalue weighted by molar-refractivity contribution is 5.97. The van der Waals surface area contributed by atoms with Gasteiger partial charge >= 0.3 is 0 Å². The smallest absolute Gasteiger partial charge is 0.248 e. The van der Waals surface area contributed by atoms with Crippen LogP contribution in [0.15, 0.2) is 48.7 Å². The number of benzene rings is 2. The summed E-state index contributed by atoms with van der Waals surface area (Å²) in [6, 6.07) is 15.3. The van der Waals surface area contributed by atoms with Crippen LogP contribution in [0.4, 0.5) is 0 Å². The maximum absolute atomic E-state index is 11.6. The lowest BCUT2D eigenvalue weighted by atomic mass is 9.96. The van der Waals surface area contributed by atoms with Crippen molar-refractivity contribution in [3.05, 3.63) is 70.9 Å². The Morgan fingerprint density at radius 3 is 2.57 bits per heavy atom. The molecule has 0 radical (unpaired) electrons. The second kappa shape index (κ2) is 8.93. The van der Waals surface area contributed by atoms with Crippen LogP contribution in [-0.4, -0.2) is 45.1 Å². The number of likely N-dealkylation sites (tertiary alicyclic amines) is 1. The Labute approximate surface area is 205 Å². The first kappa shape index (κ1) is 22.0. The Bertz CT molecular complexity index is 1420. The molecule has 178 valence electrons. The Morgan fingerprint density at radius 1 is 1.00 bits per heavy atom. The number of aromatic nitrogens is 3. The van der Waals surface area contributed by atoms with Gasteiger partial charge in [-0.15, -0.1) is 0 Å². The molecule has 0 bridgehead atoms. The van der Waals surface area contributed by atoms with E-state index >= 15 is 0 Å². The fourth-order valence-corrected chi connectivity index (χ4v) is 5.89. The van der Waals surface area contributed by atoms with Gasteiger partial charge in [0, 0.05) is 34.3 Å². The van der Waals surface area contributed by atoms with Crippen molar-refractivity contribution in [1.29, 1.82) is 0 Å². The molecule has 2 aliphatic rings. The number of fused-ring (bicyclic) bond motifs is 2. The molecule has 6 nitrogen and oxygen atoms in total. The second-order valence-electron chi connectivity index (χ2n) is 10.0. The van der Waals surface area contributed by atoms with Crippen LogP contribution in [0.25, 0.3) is 33.4 Å². The van der Waals surface area contributed by atoms with Gasteiger partial charge in [-0.3, -0.25) is 9.89 Å². The van der Waals surface area contributed by atoms with Gasteiger partial charge in [-0.1, -0.05) is 24.3 Å². The van der Waals surface area contributed by atoms with Crippen molar-refractivity contribution in [2.75, 3.05) is 13.1 Å². The summed E-state index contributed by atoms with van der Waals surface area (Å²) in [5.74, 6) is -0.426. The van der Waals surface area contributed by atoms with Crippen LogP contribution >= 0.6 is 0 Å². The first-order valence-corrected chi connectivity index (χ1v) is 12.7. The highest BCUT2D eigenvalue weighted by atomic mass is 16.1. The molecule has 6 rings (SSSR count). The second-order valence-corrected chi connectivity index (χ2v) is 10.0. The zero-order chi connectivity index (χ0) is 23.9. The summed E-state index contributed by atoms with van der Waals surface area (Å²) < 4.78 is 0. The van der Waals surface area contributed by atoms with Gasteiger partial charge in [0.25, 0.3) is 0 Å². The van der Waals surface area contributed by atoms with Gasteiger partial charge < -0.3 is 10.6 Å². The number of carbonyl (C=O) groups excluding carboxylic acids is 1. The average molecular weight is 466 g/mol. The van der Waals surface area contributed by atoms with Gasteiger partial charge in [-0.05, 0) is 99.0 Å². The van der Waals surface area contributed by atoms with E-state index in [4.69, 9.17) is 5.73 Å². The number of carbonyl (C=O) groups is 1. The van der Waals surface area contributed by atoms with E-state index in [1.165, 1.54) is 61.9 Å². The molecule has 1 atom stereocenters. The summed E-state index contributed by atoms with van der Waals surface area (Å²) in [6.45, 7) is 4.52. The van der Waals surface area contributed by atoms with E-state index in [1.807, 2.05) is 25.3 Å². The third kappa shape index (κ3) is 4.12. The number of amides is 1. The topological polar surface area (TPSA) is 87.9 Å². The monoisotopic (exact) mass is 465 g/mol. The van der Waals surface area contributed by atoms with Crippen molar-refractivity contribution < 1.29 is 4.79 Å². The molecule has 1 fully saturated rings. The number of hydrogen-bond donors (Lipinski definition) is 2. The van der Waals surface area contributed by atoms with E-state index in [-0.39, 0.29) is 0 Å². The van der Waals surface area contributed by atoms with Gasteiger partial charge in [0.05, 0.1) is 0 Å². The van der Waals surface area contributed by atoms with Crippen LogP contribution in [0, 0.1) is 6.92 Å². The summed E-state index contributed by atoms with van der Waals surface area (Å²) >= 11 is 0. The van der Waals surface area contributed by atoms with Crippen LogP contribution in [0.3, 0.4) is 0 Å². The molecule has 0 spiro atoms. The number of aryl methyl sites for hydroxylation is 3. The molecule has 2 aromatic heterocycles. The third-order valence-electron chi connectivity index (χ3n) is 7.87. The molecular formula is C29H31N5O. The highest BCUT2D eigenvalue weighted by Crippen LogP contribution is 2.33. The maximum atomic E-state index is 11.6. The van der Waals surface area contributed by atoms with Crippen LogP contribution in [0.1, 0.15) is 52.7 Å². The number of nitrogens with zero attached hydrogens (tertiary/aromatic N) is 3. The van der Waals surface area contributed by atoms with Crippen LogP contribution < -0.4 is 5.73 Å². The Balaban J connectivity index is 1.32. The molecule has 1 aliphatic carbocycles. The third-order valence-corrected chi connectivity index (χ3v) is 7.87. The zero-order valence-electron chi connectivity index (χ0n) is 20.2. The lowest BCUT2D eigenvalue weighted by Gasteiger charge is -2.25. The number of rotatable bonds is 4. The minimum Gasteiger partial charge on any atom is -0.366 e. The van der Waals surface area contributed by atoms with Crippen molar-refractivity contribution in [3.63, 3.8) is 0 Å². The predicted molar refractivity (Wildman–Crippen MR) is 139 cm³/mol. The molecule has 0 unspecified atom stereocenters. The molecule has 1 aliphatic heterocycles. The maximum Gasteiger partial charge on any atom is 0.248 e. The average Bonchev–Trinajstić information content (AvgIpc) is 3.50. The molecule has 3 N–H and O–H groups in total. The number of aromatic amines is 1. The number of nitrogens with two attached hydrogens (primary N) is 1. The highest BCUT2D eigenvalue weighted by Gasteiger charge is 2.24. The van der Waals surface area contributed by atoms with Crippen molar-refractivity contribution in [2.24, 2.45) is 5.73 Å². The molecule has 6 heteroatoms. The minimum atomic E-state index is -0.426. The predicted octanol–water partition coefficient (Wildman–Crippen LogP) is 5.04. The fraction of sp³-hybridized carbons (Fsp3) is 0.345. The number of nitrogens with one attached hydrogen (secondary N) is 1. The summed E-state index contributed by atoms with van der Waals surface area (Å²) in [5, 5.41) is 8.59. The number of hydrogen-bond acceptors (Lipinski definition) is 4. The quantitative estimate of drug-likeness (QED) is 0.413. The van der Waals surface area contributed by atoms with Gasteiger partial charge in [-0.2, -0.15) is 5.10 Å². The van der Waals surface area contributed by atoms with E-state index in [9.17, 15) is 4.79 Å². The normalized spacial score (nSPS) is 18.5. The molecule has 35 heavy (non-hydrogen) atoms. The SMILES string of the molecule is Cc1cc(C(N)=O)ccc1-c1n[nH]c2ncc(-c3ccc4c(c3)CC[C@@H](N3CCCC3)CC4)cc12. The van der Waals surface area contributed by atoms with E-state index < -0.39 is 5.91 Å². The Morgan fingerprint density at radius 2 is 1.80 bits per heavy atom. The number of H-pyrrole nitrogens is 1. The number of pyridine rings is 1. The minimum absolute atomic E-state index is 0.426. The molecule has 2 aromatic carbocycles. The zero-order valence-corrected chi connectivity index (χ0v) is 20.2. The van der Waals surface area contributed by atoms with E-state index in [1.54, 1.807) is 6.07 Å². The van der Waals surface area contributed by atoms with E-state index in [0.29, 0.717) is 5.56 Å². The standard InChI is InChI=1S/C29H31N5O/c1-18-14-22(28(30)35)8-11-25(18)27-26-16-23(17-31-29(26)33-32-27)21-5-4-19-6-9-24(10-7-20(19)15-21)34-12-2-3-13-34/h4-5,8,11,14-17,24H,2-3,6-7,9-10,12-13H2,1H3,(H2,30,35)(H,31,32,33)/t24-/m0/s1. The molecule has 1 saturated heterocycles. The summed E-state index contributed by atoms with van der Waals surface area (Å²) in [7, 11) is 0. The van der Waals surface area contributed by atoms with Gasteiger partial charge in [-0.25, -0.2) is 4.98 Å². The fourth-order valence-electron chi connectivity index (χ4n) is 5.89. The molecule has 4 aromatic rings. The summed E-state index contributed by atoms with van der Waals surface area (Å²) in [5.41, 5.74) is 14.7. The lowest BCUT2D eigenvalue weighted by Crippen LogP contribution is -2.32.